The maximum Gasteiger partial charge on any atom is 0.243 e. The van der Waals surface area contributed by atoms with Crippen molar-refractivity contribution in [1.29, 1.82) is 0 Å². The molecule has 2 atom stereocenters. The molecule has 2 aromatic carbocycles. The van der Waals surface area contributed by atoms with Crippen LogP contribution in [-0.4, -0.2) is 45.9 Å². The van der Waals surface area contributed by atoms with Crippen LogP contribution in [0.15, 0.2) is 53.4 Å². The minimum Gasteiger partial charge on any atom is -0.497 e. The topological polar surface area (TPSA) is 84.9 Å². The van der Waals surface area contributed by atoms with E-state index in [9.17, 15) is 13.2 Å². The van der Waals surface area contributed by atoms with Crippen molar-refractivity contribution in [3.63, 3.8) is 0 Å². The van der Waals surface area contributed by atoms with E-state index in [1.54, 1.807) is 31.4 Å². The monoisotopic (exact) mass is 474 g/mol. The third-order valence-corrected chi connectivity index (χ3v) is 7.87. The average Bonchev–Trinajstić information content (AvgIpc) is 2.83. The first-order valence-corrected chi connectivity index (χ1v) is 12.8. The highest BCUT2D eigenvalue weighted by Gasteiger charge is 2.34. The highest BCUT2D eigenvalue weighted by atomic mass is 32.2. The van der Waals surface area contributed by atoms with Gasteiger partial charge in [0.1, 0.15) is 11.5 Å². The van der Waals surface area contributed by atoms with E-state index in [2.05, 4.69) is 19.2 Å². The largest absolute Gasteiger partial charge is 0.497 e. The molecule has 0 spiro atoms. The fraction of sp³-hybridized carbons (Fsp3) is 0.480. The van der Waals surface area contributed by atoms with Crippen LogP contribution in [-0.2, 0) is 14.8 Å². The molecule has 0 radical (unpaired) electrons. The lowest BCUT2D eigenvalue weighted by Gasteiger charge is -2.32. The van der Waals surface area contributed by atoms with Crippen molar-refractivity contribution in [2.75, 3.05) is 27.3 Å². The third kappa shape index (κ3) is 6.26. The van der Waals surface area contributed by atoms with Gasteiger partial charge in [0.15, 0.2) is 0 Å². The molecule has 1 amide bonds. The van der Waals surface area contributed by atoms with Crippen LogP contribution in [0.4, 0.5) is 0 Å². The lowest BCUT2D eigenvalue weighted by atomic mass is 9.94. The van der Waals surface area contributed by atoms with Crippen LogP contribution in [0.5, 0.6) is 11.5 Å². The van der Waals surface area contributed by atoms with Crippen LogP contribution in [0.3, 0.4) is 0 Å². The van der Waals surface area contributed by atoms with E-state index in [0.717, 1.165) is 17.7 Å². The lowest BCUT2D eigenvalue weighted by Crippen LogP contribution is -2.46. The van der Waals surface area contributed by atoms with Gasteiger partial charge in [-0.15, -0.1) is 0 Å². The normalized spacial score (nSPS) is 18.0. The summed E-state index contributed by atoms with van der Waals surface area (Å²) in [5, 5.41) is 3.18. The summed E-state index contributed by atoms with van der Waals surface area (Å²) in [6, 6.07) is 13.9. The van der Waals surface area contributed by atoms with Gasteiger partial charge in [0.2, 0.25) is 15.9 Å². The summed E-state index contributed by atoms with van der Waals surface area (Å²) in [6.45, 7) is 4.82. The van der Waals surface area contributed by atoms with Gasteiger partial charge < -0.3 is 14.8 Å². The van der Waals surface area contributed by atoms with Crippen molar-refractivity contribution in [1.82, 2.24) is 9.62 Å². The molecule has 0 aromatic heterocycles. The molecule has 0 unspecified atom stereocenters. The maximum absolute atomic E-state index is 13.2. The second-order valence-electron chi connectivity index (χ2n) is 8.84. The number of nitrogens with zero attached hydrogens (tertiary/aromatic N) is 1. The number of nitrogens with one attached hydrogen (secondary N) is 1. The number of carbonyl (C=O) groups excluding carboxylic acids is 1. The third-order valence-electron chi connectivity index (χ3n) is 5.99. The van der Waals surface area contributed by atoms with E-state index in [-0.39, 0.29) is 29.3 Å². The number of hydrogen-bond acceptors (Lipinski definition) is 5. The van der Waals surface area contributed by atoms with E-state index in [0.29, 0.717) is 31.1 Å². The molecule has 7 nitrogen and oxygen atoms in total. The van der Waals surface area contributed by atoms with Gasteiger partial charge in [-0.25, -0.2) is 8.42 Å². The molecule has 1 heterocycles. The zero-order valence-corrected chi connectivity index (χ0v) is 20.6. The van der Waals surface area contributed by atoms with Gasteiger partial charge >= 0.3 is 0 Å². The molecular formula is C25H34N2O5S. The fourth-order valence-corrected chi connectivity index (χ4v) is 5.67. The summed E-state index contributed by atoms with van der Waals surface area (Å²) in [4.78, 5) is 13.4. The minimum atomic E-state index is -3.68. The Morgan fingerprint density at radius 3 is 2.15 bits per heavy atom. The average molecular weight is 475 g/mol. The lowest BCUT2D eigenvalue weighted by molar-refractivity contribution is -0.127. The van der Waals surface area contributed by atoms with E-state index < -0.39 is 10.0 Å². The number of carbonyl (C=O) groups is 1. The highest BCUT2D eigenvalue weighted by Crippen LogP contribution is 2.28. The van der Waals surface area contributed by atoms with Gasteiger partial charge in [-0.1, -0.05) is 26.0 Å². The zero-order chi connectivity index (χ0) is 24.0. The summed E-state index contributed by atoms with van der Waals surface area (Å²) < 4.78 is 38.1. The Kier molecular flexibility index (Phi) is 8.37. The molecule has 1 saturated heterocycles. The van der Waals surface area contributed by atoms with Crippen molar-refractivity contribution in [2.24, 2.45) is 11.8 Å². The Bertz CT molecular complexity index is 1020. The number of hydrogen-bond donors (Lipinski definition) is 1. The molecule has 0 saturated carbocycles. The van der Waals surface area contributed by atoms with Crippen LogP contribution in [0.25, 0.3) is 0 Å². The number of ether oxygens (including phenoxy) is 2. The van der Waals surface area contributed by atoms with Gasteiger partial charge in [-0.3, -0.25) is 4.79 Å². The standard InChI is InChI=1S/C25H34N2O5S/c1-18(2)16-24(19-7-9-21(31-3)10-8-19)26-25(28)20-6-5-15-27(17-20)33(29,30)23-13-11-22(32-4)12-14-23/h7-14,18,20,24H,5-6,15-17H2,1-4H3,(H,26,28)/t20-,24+/m1/s1. The predicted molar refractivity (Wildman–Crippen MR) is 128 cm³/mol. The van der Waals surface area contributed by atoms with Crippen molar-refractivity contribution >= 4 is 15.9 Å². The number of benzene rings is 2. The molecule has 33 heavy (non-hydrogen) atoms. The quantitative estimate of drug-likeness (QED) is 0.594. The number of amides is 1. The van der Waals surface area contributed by atoms with Crippen molar-refractivity contribution in [3.05, 3.63) is 54.1 Å². The van der Waals surface area contributed by atoms with Crippen LogP contribution in [0, 0.1) is 11.8 Å². The number of piperidine rings is 1. The number of sulfonamides is 1. The van der Waals surface area contributed by atoms with Gasteiger partial charge in [0, 0.05) is 13.1 Å². The second-order valence-corrected chi connectivity index (χ2v) is 10.8. The summed E-state index contributed by atoms with van der Waals surface area (Å²) in [5.74, 6) is 1.25. The summed E-state index contributed by atoms with van der Waals surface area (Å²) in [6.07, 6.45) is 2.10. The van der Waals surface area contributed by atoms with Crippen LogP contribution >= 0.6 is 0 Å². The molecular weight excluding hydrogens is 440 g/mol. The fourth-order valence-electron chi connectivity index (χ4n) is 4.15. The van der Waals surface area contributed by atoms with Crippen molar-refractivity contribution < 1.29 is 22.7 Å². The number of rotatable bonds is 9. The Hall–Kier alpha value is -2.58. The molecule has 1 fully saturated rings. The SMILES string of the molecule is COc1ccc([C@H](CC(C)C)NC(=O)[C@@H]2CCCN(S(=O)(=O)c3ccc(OC)cc3)C2)cc1. The zero-order valence-electron chi connectivity index (χ0n) is 19.8. The van der Waals surface area contributed by atoms with E-state index in [1.165, 1.54) is 11.4 Å². The first kappa shape index (κ1) is 25.1. The molecule has 8 heteroatoms. The smallest absolute Gasteiger partial charge is 0.243 e. The summed E-state index contributed by atoms with van der Waals surface area (Å²) in [5.41, 5.74) is 1.01. The van der Waals surface area contributed by atoms with Gasteiger partial charge in [-0.2, -0.15) is 4.31 Å². The first-order valence-electron chi connectivity index (χ1n) is 11.3. The first-order chi connectivity index (χ1) is 15.7. The van der Waals surface area contributed by atoms with Crippen LogP contribution < -0.4 is 14.8 Å². The Morgan fingerprint density at radius 1 is 1.03 bits per heavy atom. The van der Waals surface area contributed by atoms with Crippen LogP contribution in [0.1, 0.15) is 44.7 Å². The second kappa shape index (κ2) is 11.0. The molecule has 3 rings (SSSR count). The van der Waals surface area contributed by atoms with Crippen molar-refractivity contribution in [2.45, 2.75) is 44.0 Å². The van der Waals surface area contributed by atoms with E-state index >= 15 is 0 Å². The van der Waals surface area contributed by atoms with Gasteiger partial charge in [-0.05, 0) is 67.1 Å². The molecule has 0 bridgehead atoms. The van der Waals surface area contributed by atoms with Gasteiger partial charge in [0.05, 0.1) is 31.1 Å². The molecule has 1 N–H and O–H groups in total. The molecule has 2 aromatic rings. The molecule has 180 valence electrons. The highest BCUT2D eigenvalue weighted by molar-refractivity contribution is 7.89. The predicted octanol–water partition coefficient (Wildman–Crippen LogP) is 4.01. The summed E-state index contributed by atoms with van der Waals surface area (Å²) >= 11 is 0. The molecule has 0 aliphatic carbocycles. The van der Waals surface area contributed by atoms with E-state index in [1.807, 2.05) is 24.3 Å². The Morgan fingerprint density at radius 2 is 1.61 bits per heavy atom. The van der Waals surface area contributed by atoms with Crippen molar-refractivity contribution in [3.8, 4) is 11.5 Å². The van der Waals surface area contributed by atoms with E-state index in [4.69, 9.17) is 9.47 Å². The molecule has 1 aliphatic rings. The Labute approximate surface area is 197 Å². The Balaban J connectivity index is 1.72. The molecule has 1 aliphatic heterocycles. The number of methoxy groups -OCH3 is 2. The maximum atomic E-state index is 13.2. The summed E-state index contributed by atoms with van der Waals surface area (Å²) in [7, 11) is -0.517. The minimum absolute atomic E-state index is 0.105. The van der Waals surface area contributed by atoms with Crippen LogP contribution in [0.2, 0.25) is 0 Å². The van der Waals surface area contributed by atoms with Gasteiger partial charge in [0.25, 0.3) is 0 Å².